The van der Waals surface area contributed by atoms with Gasteiger partial charge in [-0.25, -0.2) is 4.79 Å². The van der Waals surface area contributed by atoms with E-state index in [1.807, 2.05) is 17.5 Å². The van der Waals surface area contributed by atoms with E-state index in [0.29, 0.717) is 0 Å². The minimum atomic E-state index is -0.607. The zero-order valence-corrected chi connectivity index (χ0v) is 9.00. The molecule has 0 saturated carbocycles. The van der Waals surface area contributed by atoms with Crippen LogP contribution in [0.15, 0.2) is 29.3 Å². The van der Waals surface area contributed by atoms with Gasteiger partial charge in [-0.15, -0.1) is 11.3 Å². The molecule has 0 aliphatic heterocycles. The minimum absolute atomic E-state index is 0.0368. The van der Waals surface area contributed by atoms with Gasteiger partial charge in [-0.3, -0.25) is 0 Å². The van der Waals surface area contributed by atoms with Crippen molar-refractivity contribution in [2.45, 2.75) is 6.92 Å². The smallest absolute Gasteiger partial charge is 0.350 e. The number of ether oxygens (including phenoxy) is 1. The fourth-order valence-electron chi connectivity index (χ4n) is 0.850. The molecule has 0 amide bonds. The van der Waals surface area contributed by atoms with Gasteiger partial charge < -0.3 is 10.1 Å². The quantitative estimate of drug-likeness (QED) is 0.481. The van der Waals surface area contributed by atoms with E-state index < -0.39 is 5.97 Å². The summed E-state index contributed by atoms with van der Waals surface area (Å²) >= 11 is 1.48. The monoisotopic (exact) mass is 222 g/mol. The van der Waals surface area contributed by atoms with E-state index in [2.05, 4.69) is 5.32 Å². The van der Waals surface area contributed by atoms with Crippen LogP contribution in [-0.2, 0) is 9.53 Å². The molecular formula is C10H10N2O2S. The van der Waals surface area contributed by atoms with Gasteiger partial charge in [-0.05, 0) is 24.4 Å². The highest BCUT2D eigenvalue weighted by molar-refractivity contribution is 7.14. The summed E-state index contributed by atoms with van der Waals surface area (Å²) in [6, 6.07) is 5.50. The molecule has 1 heterocycles. The van der Waals surface area contributed by atoms with Crippen molar-refractivity contribution >= 4 is 22.3 Å². The number of carbonyl (C=O) groups excluding carboxylic acids is 1. The second-order valence-corrected chi connectivity index (χ2v) is 3.46. The molecule has 0 radical (unpaired) electrons. The maximum Gasteiger partial charge on any atom is 0.350 e. The van der Waals surface area contributed by atoms with E-state index in [9.17, 15) is 4.79 Å². The second-order valence-electron chi connectivity index (χ2n) is 2.51. The standard InChI is InChI=1S/C10H10N2O2S/c1-2-14-10(13)8(6-11)7-12-9-4-3-5-15-9/h3-5,7,12H,2H2,1H3/b8-7+. The molecule has 0 aromatic carbocycles. The Labute approximate surface area is 91.8 Å². The summed E-state index contributed by atoms with van der Waals surface area (Å²) < 4.78 is 4.70. The Balaban J connectivity index is 2.63. The molecule has 0 aliphatic rings. The third-order valence-corrected chi connectivity index (χ3v) is 2.30. The Morgan fingerprint density at radius 1 is 1.80 bits per heavy atom. The van der Waals surface area contributed by atoms with E-state index >= 15 is 0 Å². The Morgan fingerprint density at radius 3 is 3.13 bits per heavy atom. The number of nitriles is 1. The lowest BCUT2D eigenvalue weighted by atomic mass is 10.3. The van der Waals surface area contributed by atoms with E-state index in [-0.39, 0.29) is 12.2 Å². The lowest BCUT2D eigenvalue weighted by molar-refractivity contribution is -0.138. The molecule has 1 aromatic heterocycles. The fraction of sp³-hybridized carbons (Fsp3) is 0.200. The van der Waals surface area contributed by atoms with Gasteiger partial charge >= 0.3 is 5.97 Å². The summed E-state index contributed by atoms with van der Waals surface area (Å²) in [6.45, 7) is 1.95. The number of nitrogens with zero attached hydrogens (tertiary/aromatic N) is 1. The highest BCUT2D eigenvalue weighted by Gasteiger charge is 2.08. The fourth-order valence-corrected chi connectivity index (χ4v) is 1.44. The van der Waals surface area contributed by atoms with Crippen molar-refractivity contribution in [3.8, 4) is 6.07 Å². The maximum absolute atomic E-state index is 11.2. The van der Waals surface area contributed by atoms with Gasteiger partial charge in [0.1, 0.15) is 6.07 Å². The molecule has 0 aliphatic carbocycles. The number of esters is 1. The molecule has 1 N–H and O–H groups in total. The lowest BCUT2D eigenvalue weighted by Gasteiger charge is -1.99. The van der Waals surface area contributed by atoms with Crippen LogP contribution in [-0.4, -0.2) is 12.6 Å². The zero-order valence-electron chi connectivity index (χ0n) is 8.19. The Kier molecular flexibility index (Phi) is 4.38. The average Bonchev–Trinajstić information content (AvgIpc) is 2.72. The van der Waals surface area contributed by atoms with Crippen LogP contribution in [0.3, 0.4) is 0 Å². The van der Waals surface area contributed by atoms with Crippen LogP contribution in [0.4, 0.5) is 5.00 Å². The van der Waals surface area contributed by atoms with Crippen molar-refractivity contribution in [1.82, 2.24) is 0 Å². The highest BCUT2D eigenvalue weighted by Crippen LogP contribution is 2.15. The number of thiophene rings is 1. The normalized spacial score (nSPS) is 10.5. The van der Waals surface area contributed by atoms with Crippen LogP contribution in [0, 0.1) is 11.3 Å². The number of anilines is 1. The van der Waals surface area contributed by atoms with Crippen LogP contribution in [0.2, 0.25) is 0 Å². The van der Waals surface area contributed by atoms with Gasteiger partial charge in [0.05, 0.1) is 11.6 Å². The first-order valence-corrected chi connectivity index (χ1v) is 5.23. The summed E-state index contributed by atoms with van der Waals surface area (Å²) in [5, 5.41) is 14.3. The SMILES string of the molecule is CCOC(=O)/C(C#N)=C/Nc1cccs1. The van der Waals surface area contributed by atoms with E-state index in [0.717, 1.165) is 5.00 Å². The predicted octanol–water partition coefficient (Wildman–Crippen LogP) is 2.13. The van der Waals surface area contributed by atoms with Crippen LogP contribution < -0.4 is 5.32 Å². The average molecular weight is 222 g/mol. The molecule has 0 atom stereocenters. The lowest BCUT2D eigenvalue weighted by Crippen LogP contribution is -2.07. The molecule has 0 spiro atoms. The van der Waals surface area contributed by atoms with Gasteiger partial charge in [0.25, 0.3) is 0 Å². The first-order chi connectivity index (χ1) is 7.27. The van der Waals surface area contributed by atoms with Gasteiger partial charge in [0.15, 0.2) is 5.57 Å². The van der Waals surface area contributed by atoms with Gasteiger partial charge in [0.2, 0.25) is 0 Å². The molecule has 4 nitrogen and oxygen atoms in total. The van der Waals surface area contributed by atoms with Gasteiger partial charge in [-0.1, -0.05) is 0 Å². The third-order valence-electron chi connectivity index (χ3n) is 1.50. The van der Waals surface area contributed by atoms with Crippen molar-refractivity contribution < 1.29 is 9.53 Å². The van der Waals surface area contributed by atoms with Crippen LogP contribution in [0.1, 0.15) is 6.92 Å². The van der Waals surface area contributed by atoms with Crippen molar-refractivity contribution in [3.63, 3.8) is 0 Å². The molecule has 1 rings (SSSR count). The Morgan fingerprint density at radius 2 is 2.60 bits per heavy atom. The molecule has 5 heteroatoms. The van der Waals surface area contributed by atoms with E-state index in [4.69, 9.17) is 10.00 Å². The van der Waals surface area contributed by atoms with Crippen molar-refractivity contribution in [1.29, 1.82) is 5.26 Å². The molecule has 0 fully saturated rings. The van der Waals surface area contributed by atoms with Crippen molar-refractivity contribution in [2.75, 3.05) is 11.9 Å². The first-order valence-electron chi connectivity index (χ1n) is 4.35. The number of rotatable bonds is 4. The zero-order chi connectivity index (χ0) is 11.1. The molecule has 1 aromatic rings. The molecule has 78 valence electrons. The molecule has 0 bridgehead atoms. The molecule has 0 saturated heterocycles. The molecule has 15 heavy (non-hydrogen) atoms. The summed E-state index contributed by atoms with van der Waals surface area (Å²) in [5.41, 5.74) is -0.0368. The van der Waals surface area contributed by atoms with Gasteiger partial charge in [-0.2, -0.15) is 5.26 Å². The first kappa shape index (κ1) is 11.3. The topological polar surface area (TPSA) is 62.1 Å². The Hall–Kier alpha value is -1.80. The maximum atomic E-state index is 11.2. The number of hydrogen-bond acceptors (Lipinski definition) is 5. The number of hydrogen-bond donors (Lipinski definition) is 1. The summed E-state index contributed by atoms with van der Waals surface area (Å²) in [4.78, 5) is 11.2. The predicted molar refractivity (Wildman–Crippen MR) is 58.3 cm³/mol. The van der Waals surface area contributed by atoms with Crippen molar-refractivity contribution in [3.05, 3.63) is 29.3 Å². The largest absolute Gasteiger partial charge is 0.462 e. The highest BCUT2D eigenvalue weighted by atomic mass is 32.1. The van der Waals surface area contributed by atoms with Crippen LogP contribution in [0.5, 0.6) is 0 Å². The second kappa shape index (κ2) is 5.83. The van der Waals surface area contributed by atoms with E-state index in [1.54, 1.807) is 13.0 Å². The summed E-state index contributed by atoms with van der Waals surface area (Å²) in [5.74, 6) is -0.607. The Bertz CT molecular complexity index is 390. The third kappa shape index (κ3) is 3.44. The van der Waals surface area contributed by atoms with Crippen molar-refractivity contribution in [2.24, 2.45) is 0 Å². The number of carbonyl (C=O) groups is 1. The minimum Gasteiger partial charge on any atom is -0.462 e. The van der Waals surface area contributed by atoms with Crippen LogP contribution >= 0.6 is 11.3 Å². The molecule has 0 unspecified atom stereocenters. The van der Waals surface area contributed by atoms with Crippen LogP contribution in [0.25, 0.3) is 0 Å². The summed E-state index contributed by atoms with van der Waals surface area (Å²) in [6.07, 6.45) is 1.35. The summed E-state index contributed by atoms with van der Waals surface area (Å²) in [7, 11) is 0. The van der Waals surface area contributed by atoms with Gasteiger partial charge in [0, 0.05) is 6.20 Å². The van der Waals surface area contributed by atoms with E-state index in [1.165, 1.54) is 17.5 Å². The number of nitrogens with one attached hydrogen (secondary N) is 1. The molecular weight excluding hydrogens is 212 g/mol.